The Kier molecular flexibility index (Phi) is 14.0. The van der Waals surface area contributed by atoms with Gasteiger partial charge < -0.3 is 14.6 Å². The molecule has 0 amide bonds. The fraction of sp³-hybridized carbons (Fsp3) is 0.688. The van der Waals surface area contributed by atoms with Gasteiger partial charge in [0.2, 0.25) is 0 Å². The van der Waals surface area contributed by atoms with Crippen LogP contribution in [0.1, 0.15) is 109 Å². The molecule has 37 heavy (non-hydrogen) atoms. The van der Waals surface area contributed by atoms with Crippen LogP contribution in [0.3, 0.4) is 0 Å². The summed E-state index contributed by atoms with van der Waals surface area (Å²) in [5, 5.41) is 9.52. The third kappa shape index (κ3) is 11.4. The largest absolute Gasteiger partial charge is 0.462 e. The van der Waals surface area contributed by atoms with Crippen LogP contribution in [0, 0.1) is 17.8 Å². The Morgan fingerprint density at radius 3 is 2.32 bits per heavy atom. The van der Waals surface area contributed by atoms with Gasteiger partial charge in [-0.15, -0.1) is 0 Å². The van der Waals surface area contributed by atoms with E-state index in [0.717, 1.165) is 5.92 Å². The smallest absolute Gasteiger partial charge is 0.333 e. The first kappa shape index (κ1) is 31.1. The Morgan fingerprint density at radius 2 is 1.76 bits per heavy atom. The highest BCUT2D eigenvalue weighted by Crippen LogP contribution is 2.38. The van der Waals surface area contributed by atoms with Gasteiger partial charge in [-0.25, -0.2) is 4.79 Å². The second kappa shape index (κ2) is 16.7. The summed E-state index contributed by atoms with van der Waals surface area (Å²) in [4.78, 5) is 24.2. The Hall–Kier alpha value is -2.14. The topological polar surface area (TPSA) is 72.8 Å². The SMILES string of the molecule is C=C(C)C(=O)OCC(Cc1ccc(C2CCC(CCCCC)CC2)cc1)CC(CCO)OC(=O)C(C)C. The van der Waals surface area contributed by atoms with Crippen LogP contribution in [0.5, 0.6) is 0 Å². The Labute approximate surface area is 225 Å². The number of carbonyl (C=O) groups excluding carboxylic acids is 2. The van der Waals surface area contributed by atoms with Crippen LogP contribution < -0.4 is 0 Å². The predicted molar refractivity (Wildman–Crippen MR) is 149 cm³/mol. The van der Waals surface area contributed by atoms with E-state index < -0.39 is 12.1 Å². The van der Waals surface area contributed by atoms with Crippen molar-refractivity contribution in [3.8, 4) is 0 Å². The molecule has 1 aromatic carbocycles. The summed E-state index contributed by atoms with van der Waals surface area (Å²) >= 11 is 0. The molecule has 2 unspecified atom stereocenters. The number of hydrogen-bond acceptors (Lipinski definition) is 5. The maximum absolute atomic E-state index is 12.2. The van der Waals surface area contributed by atoms with Gasteiger partial charge in [-0.05, 0) is 68.4 Å². The Bertz CT molecular complexity index is 820. The van der Waals surface area contributed by atoms with Crippen molar-refractivity contribution >= 4 is 11.9 Å². The molecule has 2 rings (SSSR count). The first-order valence-corrected chi connectivity index (χ1v) is 14.5. The van der Waals surface area contributed by atoms with E-state index in [-0.39, 0.29) is 31.0 Å². The zero-order valence-electron chi connectivity index (χ0n) is 23.7. The summed E-state index contributed by atoms with van der Waals surface area (Å²) < 4.78 is 11.1. The first-order chi connectivity index (χ1) is 17.7. The molecule has 1 aliphatic carbocycles. The molecule has 1 saturated carbocycles. The maximum Gasteiger partial charge on any atom is 0.333 e. The van der Waals surface area contributed by atoms with Crippen LogP contribution in [-0.2, 0) is 25.5 Å². The third-order valence-electron chi connectivity index (χ3n) is 7.64. The molecule has 0 spiro atoms. The van der Waals surface area contributed by atoms with Gasteiger partial charge in [0.05, 0.1) is 12.5 Å². The fourth-order valence-corrected chi connectivity index (χ4v) is 5.29. The van der Waals surface area contributed by atoms with E-state index in [2.05, 4.69) is 37.8 Å². The number of ether oxygens (including phenoxy) is 2. The molecule has 1 N–H and O–H groups in total. The number of benzene rings is 1. The molecule has 5 nitrogen and oxygen atoms in total. The molecule has 0 saturated heterocycles. The molecule has 0 heterocycles. The number of rotatable bonds is 16. The lowest BCUT2D eigenvalue weighted by molar-refractivity contribution is -0.155. The number of aliphatic hydroxyl groups excluding tert-OH is 1. The van der Waals surface area contributed by atoms with E-state index in [9.17, 15) is 14.7 Å². The summed E-state index contributed by atoms with van der Waals surface area (Å²) in [6.07, 6.45) is 11.8. The summed E-state index contributed by atoms with van der Waals surface area (Å²) in [5.41, 5.74) is 2.96. The van der Waals surface area contributed by atoms with Crippen LogP contribution in [0.25, 0.3) is 0 Å². The minimum Gasteiger partial charge on any atom is -0.462 e. The van der Waals surface area contributed by atoms with E-state index >= 15 is 0 Å². The van der Waals surface area contributed by atoms with E-state index in [1.54, 1.807) is 20.8 Å². The van der Waals surface area contributed by atoms with E-state index in [0.29, 0.717) is 30.8 Å². The molecule has 0 aliphatic heterocycles. The maximum atomic E-state index is 12.2. The van der Waals surface area contributed by atoms with Gasteiger partial charge in [-0.3, -0.25) is 4.79 Å². The van der Waals surface area contributed by atoms with Gasteiger partial charge in [0, 0.05) is 24.5 Å². The molecule has 1 aromatic rings. The number of hydrogen-bond donors (Lipinski definition) is 1. The minimum absolute atomic E-state index is 0.0378. The second-order valence-electron chi connectivity index (χ2n) is 11.4. The minimum atomic E-state index is -0.416. The van der Waals surface area contributed by atoms with Crippen molar-refractivity contribution in [2.75, 3.05) is 13.2 Å². The molecule has 5 heteroatoms. The number of unbranched alkanes of at least 4 members (excludes halogenated alkanes) is 2. The average molecular weight is 515 g/mol. The van der Waals surface area contributed by atoms with E-state index in [1.807, 2.05) is 0 Å². The molecule has 0 aromatic heterocycles. The van der Waals surface area contributed by atoms with Crippen LogP contribution in [0.2, 0.25) is 0 Å². The molecule has 1 fully saturated rings. The highest BCUT2D eigenvalue weighted by Gasteiger charge is 2.24. The second-order valence-corrected chi connectivity index (χ2v) is 11.4. The summed E-state index contributed by atoms with van der Waals surface area (Å²) in [6, 6.07) is 8.91. The van der Waals surface area contributed by atoms with Gasteiger partial charge >= 0.3 is 11.9 Å². The molecule has 2 atom stereocenters. The van der Waals surface area contributed by atoms with E-state index in [4.69, 9.17) is 9.47 Å². The van der Waals surface area contributed by atoms with Gasteiger partial charge in [0.15, 0.2) is 0 Å². The van der Waals surface area contributed by atoms with Gasteiger partial charge in [-0.2, -0.15) is 0 Å². The zero-order chi connectivity index (χ0) is 27.2. The molecule has 1 aliphatic rings. The quantitative estimate of drug-likeness (QED) is 0.144. The summed E-state index contributed by atoms with van der Waals surface area (Å²) in [7, 11) is 0. The van der Waals surface area contributed by atoms with Crippen LogP contribution >= 0.6 is 0 Å². The van der Waals surface area contributed by atoms with Crippen LogP contribution in [0.4, 0.5) is 0 Å². The normalized spacial score (nSPS) is 19.3. The molecule has 0 radical (unpaired) electrons. The van der Waals surface area contributed by atoms with Crippen molar-refractivity contribution in [2.45, 2.75) is 110 Å². The summed E-state index contributed by atoms with van der Waals surface area (Å²) in [5.74, 6) is 0.586. The zero-order valence-corrected chi connectivity index (χ0v) is 23.7. The molecule has 0 bridgehead atoms. The van der Waals surface area contributed by atoms with Crippen molar-refractivity contribution < 1.29 is 24.2 Å². The average Bonchev–Trinajstić information content (AvgIpc) is 2.88. The molecular formula is C32H50O5. The Balaban J connectivity index is 2.00. The first-order valence-electron chi connectivity index (χ1n) is 14.5. The van der Waals surface area contributed by atoms with Gasteiger partial charge in [-0.1, -0.05) is 77.3 Å². The number of esters is 2. The van der Waals surface area contributed by atoms with Crippen molar-refractivity contribution in [1.82, 2.24) is 0 Å². The van der Waals surface area contributed by atoms with Crippen LogP contribution in [0.15, 0.2) is 36.4 Å². The van der Waals surface area contributed by atoms with Crippen molar-refractivity contribution in [3.63, 3.8) is 0 Å². The highest BCUT2D eigenvalue weighted by atomic mass is 16.5. The highest BCUT2D eigenvalue weighted by molar-refractivity contribution is 5.86. The lowest BCUT2D eigenvalue weighted by atomic mass is 9.77. The van der Waals surface area contributed by atoms with Gasteiger partial charge in [0.1, 0.15) is 6.10 Å². The standard InChI is InChI=1S/C32H50O5/c1-6-7-8-9-25-10-14-28(15-11-25)29-16-12-26(13-17-29)20-27(22-36-31(34)23(2)3)21-30(18-19-33)37-32(35)24(4)5/h12-13,16-17,24-25,27-28,30,33H,2,6-11,14-15,18-22H2,1,3-5H3. The fourth-order valence-electron chi connectivity index (χ4n) is 5.29. The molecular weight excluding hydrogens is 464 g/mol. The van der Waals surface area contributed by atoms with Crippen molar-refractivity contribution in [3.05, 3.63) is 47.5 Å². The van der Waals surface area contributed by atoms with E-state index in [1.165, 1.54) is 62.5 Å². The lowest BCUT2D eigenvalue weighted by Crippen LogP contribution is -2.28. The van der Waals surface area contributed by atoms with Crippen molar-refractivity contribution in [2.24, 2.45) is 17.8 Å². The lowest BCUT2D eigenvalue weighted by Gasteiger charge is -2.29. The summed E-state index contributed by atoms with van der Waals surface area (Å²) in [6.45, 7) is 11.3. The number of aliphatic hydroxyl groups is 1. The van der Waals surface area contributed by atoms with Crippen molar-refractivity contribution in [1.29, 1.82) is 0 Å². The monoisotopic (exact) mass is 514 g/mol. The Morgan fingerprint density at radius 1 is 1.08 bits per heavy atom. The molecule has 208 valence electrons. The number of carbonyl (C=O) groups is 2. The predicted octanol–water partition coefficient (Wildman–Crippen LogP) is 7.16. The van der Waals surface area contributed by atoms with Crippen LogP contribution in [-0.4, -0.2) is 36.4 Å². The van der Waals surface area contributed by atoms with Gasteiger partial charge in [0.25, 0.3) is 0 Å². The third-order valence-corrected chi connectivity index (χ3v) is 7.64.